The number of piperazine rings is 1. The second kappa shape index (κ2) is 10.3. The molecule has 7 nitrogen and oxygen atoms in total. The van der Waals surface area contributed by atoms with Crippen LogP contribution >= 0.6 is 23.2 Å². The molecule has 0 bridgehead atoms. The van der Waals surface area contributed by atoms with Gasteiger partial charge < -0.3 is 15.0 Å². The van der Waals surface area contributed by atoms with Crippen LogP contribution in [0, 0.1) is 0 Å². The van der Waals surface area contributed by atoms with Crippen molar-refractivity contribution in [3.63, 3.8) is 0 Å². The molecule has 2 aliphatic heterocycles. The maximum Gasteiger partial charge on any atom is 0.322 e. The predicted octanol–water partition coefficient (Wildman–Crippen LogP) is 3.69. The molecule has 4 rings (SSSR count). The number of carbonyl (C=O) groups is 2. The largest absolute Gasteiger partial charge is 0.374 e. The lowest BCUT2D eigenvalue weighted by molar-refractivity contribution is -0.127. The average molecular weight is 491 g/mol. The summed E-state index contributed by atoms with van der Waals surface area (Å²) in [7, 11) is 0. The van der Waals surface area contributed by atoms with Crippen molar-refractivity contribution in [3.05, 3.63) is 64.1 Å². The predicted molar refractivity (Wildman–Crippen MR) is 130 cm³/mol. The van der Waals surface area contributed by atoms with E-state index in [0.717, 1.165) is 37.4 Å². The highest BCUT2D eigenvalue weighted by Gasteiger charge is 2.48. The molecular weight excluding hydrogens is 463 g/mol. The highest BCUT2D eigenvalue weighted by atomic mass is 35.5. The molecule has 2 heterocycles. The molecule has 3 amide bonds. The summed E-state index contributed by atoms with van der Waals surface area (Å²) in [6, 6.07) is 14.9. The molecule has 2 atom stereocenters. The van der Waals surface area contributed by atoms with Crippen molar-refractivity contribution in [2.75, 3.05) is 37.7 Å². The van der Waals surface area contributed by atoms with Crippen LogP contribution in [0.1, 0.15) is 18.9 Å². The van der Waals surface area contributed by atoms with Crippen molar-refractivity contribution in [1.29, 1.82) is 0 Å². The van der Waals surface area contributed by atoms with E-state index in [9.17, 15) is 9.59 Å². The van der Waals surface area contributed by atoms with Gasteiger partial charge in [-0.1, -0.05) is 53.5 Å². The van der Waals surface area contributed by atoms with Crippen LogP contribution in [0.25, 0.3) is 0 Å². The quantitative estimate of drug-likeness (QED) is 0.552. The Labute approximate surface area is 204 Å². The highest BCUT2D eigenvalue weighted by molar-refractivity contribution is 6.35. The summed E-state index contributed by atoms with van der Waals surface area (Å²) in [5.74, 6) is -0.334. The van der Waals surface area contributed by atoms with Crippen LogP contribution < -0.4 is 15.5 Å². The summed E-state index contributed by atoms with van der Waals surface area (Å²) in [5.41, 5.74) is 0.943. The minimum atomic E-state index is -1.08. The molecule has 2 aromatic rings. The Morgan fingerprint density at radius 1 is 1.03 bits per heavy atom. The maximum absolute atomic E-state index is 12.7. The number of imide groups is 1. The van der Waals surface area contributed by atoms with Crippen LogP contribution in [-0.4, -0.2) is 61.2 Å². The normalized spacial score (nSPS) is 22.2. The first-order valence-electron chi connectivity index (χ1n) is 11.0. The number of rotatable bonds is 8. The standard InChI is InChI=1S/C24H28Cl2N4O3/c1-17(29-7-9-30(10-8-29)21-12-19(25)11-20(26)13-21)14-24(22(31)27-23(32)28-24)16-33-15-18-5-3-2-4-6-18/h2-6,11-13,17H,7-10,14-16H2,1H3,(H2,27,28,31,32). The molecule has 2 fully saturated rings. The number of amides is 3. The van der Waals surface area contributed by atoms with Gasteiger partial charge in [0.15, 0.2) is 0 Å². The first kappa shape index (κ1) is 23.8. The number of hydrogen-bond acceptors (Lipinski definition) is 5. The van der Waals surface area contributed by atoms with Gasteiger partial charge in [0, 0.05) is 48.0 Å². The first-order valence-corrected chi connectivity index (χ1v) is 11.8. The molecule has 2 aliphatic rings. The molecule has 9 heteroatoms. The number of halogens is 2. The van der Waals surface area contributed by atoms with E-state index in [0.29, 0.717) is 23.1 Å². The Balaban J connectivity index is 1.36. The fourth-order valence-electron chi connectivity index (χ4n) is 4.53. The Kier molecular flexibility index (Phi) is 7.44. The molecule has 176 valence electrons. The smallest absolute Gasteiger partial charge is 0.322 e. The van der Waals surface area contributed by atoms with Crippen molar-refractivity contribution < 1.29 is 14.3 Å². The summed E-state index contributed by atoms with van der Waals surface area (Å²) >= 11 is 12.3. The summed E-state index contributed by atoms with van der Waals surface area (Å²) < 4.78 is 5.88. The zero-order valence-corrected chi connectivity index (χ0v) is 20.0. The third kappa shape index (κ3) is 5.79. The van der Waals surface area contributed by atoms with Gasteiger partial charge >= 0.3 is 6.03 Å². The SMILES string of the molecule is CC(CC1(COCc2ccccc2)NC(=O)NC1=O)N1CCN(c2cc(Cl)cc(Cl)c2)CC1. The molecule has 0 radical (unpaired) electrons. The topological polar surface area (TPSA) is 73.9 Å². The summed E-state index contributed by atoms with van der Waals surface area (Å²) in [4.78, 5) is 29.3. The summed E-state index contributed by atoms with van der Waals surface area (Å²) in [6.07, 6.45) is 0.461. The first-order chi connectivity index (χ1) is 15.8. The van der Waals surface area contributed by atoms with Crippen molar-refractivity contribution >= 4 is 40.8 Å². The van der Waals surface area contributed by atoms with Gasteiger partial charge in [-0.2, -0.15) is 0 Å². The lowest BCUT2D eigenvalue weighted by Gasteiger charge is -2.41. The van der Waals surface area contributed by atoms with Gasteiger partial charge in [0.2, 0.25) is 0 Å². The van der Waals surface area contributed by atoms with Crippen molar-refractivity contribution in [2.24, 2.45) is 0 Å². The van der Waals surface area contributed by atoms with E-state index >= 15 is 0 Å². The lowest BCUT2D eigenvalue weighted by Crippen LogP contribution is -2.57. The molecule has 0 aromatic heterocycles. The van der Waals surface area contributed by atoms with E-state index in [4.69, 9.17) is 27.9 Å². The summed E-state index contributed by atoms with van der Waals surface area (Å²) in [5, 5.41) is 6.45. The van der Waals surface area contributed by atoms with Crippen LogP contribution in [-0.2, 0) is 16.1 Å². The van der Waals surface area contributed by atoms with E-state index in [-0.39, 0.29) is 18.6 Å². The number of ether oxygens (including phenoxy) is 1. The number of nitrogens with zero attached hydrogens (tertiary/aromatic N) is 2. The van der Waals surface area contributed by atoms with Crippen LogP contribution in [0.3, 0.4) is 0 Å². The fourth-order valence-corrected chi connectivity index (χ4v) is 5.04. The van der Waals surface area contributed by atoms with Gasteiger partial charge in [0.1, 0.15) is 5.54 Å². The number of carbonyl (C=O) groups excluding carboxylic acids is 2. The fraction of sp³-hybridized carbons (Fsp3) is 0.417. The van der Waals surface area contributed by atoms with Crippen molar-refractivity contribution in [3.8, 4) is 0 Å². The Morgan fingerprint density at radius 3 is 2.30 bits per heavy atom. The maximum atomic E-state index is 12.7. The van der Waals surface area contributed by atoms with Crippen molar-refractivity contribution in [1.82, 2.24) is 15.5 Å². The van der Waals surface area contributed by atoms with E-state index in [1.54, 1.807) is 6.07 Å². The van der Waals surface area contributed by atoms with E-state index in [1.165, 1.54) is 0 Å². The molecule has 2 saturated heterocycles. The monoisotopic (exact) mass is 490 g/mol. The van der Waals surface area contributed by atoms with Gasteiger partial charge in [-0.05, 0) is 37.1 Å². The second-order valence-corrected chi connectivity index (χ2v) is 9.55. The van der Waals surface area contributed by atoms with Gasteiger partial charge in [0.25, 0.3) is 5.91 Å². The van der Waals surface area contributed by atoms with Gasteiger partial charge in [-0.25, -0.2) is 4.79 Å². The van der Waals surface area contributed by atoms with Crippen LogP contribution in [0.5, 0.6) is 0 Å². The molecule has 2 aromatic carbocycles. The molecule has 0 spiro atoms. The molecular formula is C24H28Cl2N4O3. The van der Waals surface area contributed by atoms with E-state index in [2.05, 4.69) is 27.4 Å². The lowest BCUT2D eigenvalue weighted by atomic mass is 9.91. The van der Waals surface area contributed by atoms with Gasteiger partial charge in [0.05, 0.1) is 13.2 Å². The van der Waals surface area contributed by atoms with E-state index < -0.39 is 11.6 Å². The van der Waals surface area contributed by atoms with Crippen LogP contribution in [0.4, 0.5) is 10.5 Å². The average Bonchev–Trinajstić information content (AvgIpc) is 3.06. The minimum absolute atomic E-state index is 0.0691. The third-order valence-corrected chi connectivity index (χ3v) is 6.70. The van der Waals surface area contributed by atoms with Gasteiger partial charge in [-0.3, -0.25) is 15.0 Å². The zero-order chi connectivity index (χ0) is 23.4. The van der Waals surface area contributed by atoms with Crippen LogP contribution in [0.15, 0.2) is 48.5 Å². The van der Waals surface area contributed by atoms with Crippen LogP contribution in [0.2, 0.25) is 10.0 Å². The van der Waals surface area contributed by atoms with Gasteiger partial charge in [-0.15, -0.1) is 0 Å². The zero-order valence-electron chi connectivity index (χ0n) is 18.5. The number of anilines is 1. The Bertz CT molecular complexity index is 978. The third-order valence-electron chi connectivity index (χ3n) is 6.27. The van der Waals surface area contributed by atoms with Crippen molar-refractivity contribution in [2.45, 2.75) is 31.5 Å². The Hall–Kier alpha value is -2.32. The number of benzene rings is 2. The minimum Gasteiger partial charge on any atom is -0.374 e. The molecule has 2 unspecified atom stereocenters. The summed E-state index contributed by atoms with van der Waals surface area (Å²) in [6.45, 7) is 5.85. The molecule has 0 aliphatic carbocycles. The number of hydrogen-bond donors (Lipinski definition) is 2. The second-order valence-electron chi connectivity index (χ2n) is 8.67. The molecule has 2 N–H and O–H groups in total. The number of nitrogens with one attached hydrogen (secondary N) is 2. The highest BCUT2D eigenvalue weighted by Crippen LogP contribution is 2.28. The molecule has 33 heavy (non-hydrogen) atoms. The Morgan fingerprint density at radius 2 is 1.70 bits per heavy atom. The number of urea groups is 1. The molecule has 0 saturated carbocycles. The van der Waals surface area contributed by atoms with E-state index in [1.807, 2.05) is 42.5 Å².